The second-order valence-corrected chi connectivity index (χ2v) is 12.1. The number of unbranched alkanes of at least 4 members (excludes halogenated alkanes) is 1. The molecule has 3 rings (SSSR count). The van der Waals surface area contributed by atoms with Gasteiger partial charge in [0.05, 0.1) is 0 Å². The van der Waals surface area contributed by atoms with E-state index in [4.69, 9.17) is 0 Å². The topological polar surface area (TPSA) is 21.8 Å². The molecule has 1 N–H and O–H groups in total. The van der Waals surface area contributed by atoms with Gasteiger partial charge >= 0.3 is 0 Å². The number of nitrogens with zero attached hydrogens (tertiary/aromatic N) is 3. The summed E-state index contributed by atoms with van der Waals surface area (Å²) in [5.41, 5.74) is 7.23. The van der Waals surface area contributed by atoms with Crippen LogP contribution in [0.2, 0.25) is 0 Å². The van der Waals surface area contributed by atoms with Gasteiger partial charge in [-0.2, -0.15) is 0 Å². The average Bonchev–Trinajstić information content (AvgIpc) is 2.92. The Kier molecular flexibility index (Phi) is 12.4. The molecule has 0 radical (unpaired) electrons. The molecule has 0 aromatic heterocycles. The van der Waals surface area contributed by atoms with Crippen molar-refractivity contribution >= 4 is 11.4 Å². The summed E-state index contributed by atoms with van der Waals surface area (Å²) < 4.78 is 0. The smallest absolute Gasteiger partial charge is 0.101 e. The highest BCUT2D eigenvalue weighted by molar-refractivity contribution is 5.66. The lowest BCUT2D eigenvalue weighted by atomic mass is 9.81. The van der Waals surface area contributed by atoms with Crippen molar-refractivity contribution < 1.29 is 0 Å². The minimum absolute atomic E-state index is 0.564. The first-order valence-corrected chi connectivity index (χ1v) is 15.8. The molecule has 0 atom stereocenters. The zero-order valence-electron chi connectivity index (χ0n) is 25.7. The molecule has 0 unspecified atom stereocenters. The van der Waals surface area contributed by atoms with Gasteiger partial charge in [0.25, 0.3) is 0 Å². The molecule has 1 aromatic carbocycles. The third kappa shape index (κ3) is 8.71. The molecule has 1 aliphatic carbocycles. The highest BCUT2D eigenvalue weighted by Crippen LogP contribution is 2.36. The van der Waals surface area contributed by atoms with E-state index in [1.807, 2.05) is 0 Å². The van der Waals surface area contributed by atoms with E-state index in [0.29, 0.717) is 6.04 Å². The summed E-state index contributed by atoms with van der Waals surface area (Å²) in [5, 5.41) is 3.92. The highest BCUT2D eigenvalue weighted by Gasteiger charge is 2.25. The molecule has 0 amide bonds. The summed E-state index contributed by atoms with van der Waals surface area (Å²) in [4.78, 5) is 7.49. The van der Waals surface area contributed by atoms with Gasteiger partial charge < -0.3 is 20.0 Å². The van der Waals surface area contributed by atoms with Crippen LogP contribution in [-0.4, -0.2) is 51.2 Å². The number of rotatable bonds is 14. The van der Waals surface area contributed by atoms with Crippen LogP contribution in [0.3, 0.4) is 0 Å². The monoisotopic (exact) mass is 522 g/mol. The van der Waals surface area contributed by atoms with Crippen molar-refractivity contribution in [3.05, 3.63) is 47.3 Å². The molecule has 0 bridgehead atoms. The predicted octanol–water partition coefficient (Wildman–Crippen LogP) is 8.06. The molecule has 2 aliphatic rings. The van der Waals surface area contributed by atoms with E-state index in [9.17, 15) is 0 Å². The van der Waals surface area contributed by atoms with Crippen LogP contribution in [0.4, 0.5) is 11.4 Å². The maximum absolute atomic E-state index is 4.33. The Labute approximate surface area is 235 Å². The Morgan fingerprint density at radius 2 is 1.74 bits per heavy atom. The quantitative estimate of drug-likeness (QED) is 0.249. The maximum atomic E-state index is 4.33. The van der Waals surface area contributed by atoms with E-state index < -0.39 is 0 Å². The van der Waals surface area contributed by atoms with Gasteiger partial charge in [-0.15, -0.1) is 0 Å². The number of hydrogen-bond acceptors (Lipinski definition) is 4. The Morgan fingerprint density at radius 3 is 2.37 bits per heavy atom. The lowest BCUT2D eigenvalue weighted by molar-refractivity contribution is 0.279. The van der Waals surface area contributed by atoms with Crippen molar-refractivity contribution in [1.29, 1.82) is 0 Å². The molecular formula is C34H58N4. The molecule has 1 heterocycles. The van der Waals surface area contributed by atoms with E-state index in [2.05, 4.69) is 86.6 Å². The number of aryl methyl sites for hydroxylation is 1. The van der Waals surface area contributed by atoms with Crippen molar-refractivity contribution in [1.82, 2.24) is 10.2 Å². The summed E-state index contributed by atoms with van der Waals surface area (Å²) in [6.45, 7) is 18.0. The van der Waals surface area contributed by atoms with Crippen LogP contribution in [-0.2, 0) is 6.42 Å². The predicted molar refractivity (Wildman–Crippen MR) is 168 cm³/mol. The van der Waals surface area contributed by atoms with Gasteiger partial charge in [-0.3, -0.25) is 0 Å². The van der Waals surface area contributed by atoms with Gasteiger partial charge in [0, 0.05) is 57.7 Å². The van der Waals surface area contributed by atoms with E-state index in [-0.39, 0.29) is 0 Å². The van der Waals surface area contributed by atoms with Crippen LogP contribution in [0.15, 0.2) is 36.2 Å². The van der Waals surface area contributed by atoms with Crippen LogP contribution in [0.5, 0.6) is 0 Å². The van der Waals surface area contributed by atoms with E-state index in [0.717, 1.165) is 25.4 Å². The molecule has 4 heteroatoms. The molecule has 214 valence electrons. The first kappa shape index (κ1) is 30.4. The summed E-state index contributed by atoms with van der Waals surface area (Å²) in [5.74, 6) is 2.03. The van der Waals surface area contributed by atoms with E-state index in [1.54, 1.807) is 5.56 Å². The van der Waals surface area contributed by atoms with Crippen molar-refractivity contribution in [3.8, 4) is 0 Å². The van der Waals surface area contributed by atoms with Crippen LogP contribution in [0.25, 0.3) is 0 Å². The summed E-state index contributed by atoms with van der Waals surface area (Å²) >= 11 is 0. The number of benzene rings is 1. The number of hydrogen-bond donors (Lipinski definition) is 1. The number of nitrogens with one attached hydrogen (secondary N) is 1. The minimum Gasteiger partial charge on any atom is -0.374 e. The Hall–Kier alpha value is -2.10. The Balaban J connectivity index is 1.69. The summed E-state index contributed by atoms with van der Waals surface area (Å²) in [6, 6.07) is 5.58. The molecule has 2 fully saturated rings. The molecule has 1 aliphatic heterocycles. The summed E-state index contributed by atoms with van der Waals surface area (Å²) in [7, 11) is 4.49. The lowest BCUT2D eigenvalue weighted by Crippen LogP contribution is -2.38. The van der Waals surface area contributed by atoms with Crippen molar-refractivity contribution in [2.24, 2.45) is 5.92 Å². The van der Waals surface area contributed by atoms with Crippen LogP contribution in [0, 0.1) is 12.8 Å². The molecule has 0 spiro atoms. The molecular weight excluding hydrogens is 464 g/mol. The number of allylic oxidation sites excluding steroid dienone is 2. The standard InChI is InChI=1S/C34H58N4/c1-8-11-15-27(4)23-33(36(6)10-3)35-31-18-16-29(17-19-31)25-30-26-32(38-21-13-12-14-22-38)24-28(5)34(30)37(7)20-9-2/h23-24,26,29,31,35H,4,8-22,25H2,1-3,5-7H3/b33-23-. The van der Waals surface area contributed by atoms with Crippen LogP contribution >= 0.6 is 0 Å². The highest BCUT2D eigenvalue weighted by atomic mass is 15.2. The first-order valence-electron chi connectivity index (χ1n) is 15.8. The van der Waals surface area contributed by atoms with Gasteiger partial charge in [0.1, 0.15) is 5.82 Å². The number of anilines is 2. The van der Waals surface area contributed by atoms with Crippen LogP contribution in [0.1, 0.15) is 103 Å². The fourth-order valence-electron chi connectivity index (χ4n) is 6.45. The third-order valence-corrected chi connectivity index (χ3v) is 8.81. The van der Waals surface area contributed by atoms with Crippen molar-refractivity contribution in [2.45, 2.75) is 111 Å². The van der Waals surface area contributed by atoms with Crippen LogP contribution < -0.4 is 15.1 Å². The zero-order chi connectivity index (χ0) is 27.5. The van der Waals surface area contributed by atoms with E-state index in [1.165, 1.54) is 112 Å². The molecule has 38 heavy (non-hydrogen) atoms. The Morgan fingerprint density at radius 1 is 1.03 bits per heavy atom. The molecule has 4 nitrogen and oxygen atoms in total. The van der Waals surface area contributed by atoms with Gasteiger partial charge in [0.2, 0.25) is 0 Å². The Bertz CT molecular complexity index is 890. The maximum Gasteiger partial charge on any atom is 0.101 e. The molecule has 1 aromatic rings. The van der Waals surface area contributed by atoms with Gasteiger partial charge in [0.15, 0.2) is 0 Å². The fourth-order valence-corrected chi connectivity index (χ4v) is 6.45. The second-order valence-electron chi connectivity index (χ2n) is 12.1. The zero-order valence-corrected chi connectivity index (χ0v) is 25.7. The van der Waals surface area contributed by atoms with Gasteiger partial charge in [-0.1, -0.05) is 32.4 Å². The first-order chi connectivity index (χ1) is 18.4. The average molecular weight is 523 g/mol. The lowest BCUT2D eigenvalue weighted by Gasteiger charge is -2.35. The van der Waals surface area contributed by atoms with E-state index >= 15 is 0 Å². The normalized spacial score (nSPS) is 20.4. The minimum atomic E-state index is 0.564. The molecule has 1 saturated carbocycles. The number of piperidine rings is 1. The van der Waals surface area contributed by atoms with Crippen molar-refractivity contribution in [3.63, 3.8) is 0 Å². The van der Waals surface area contributed by atoms with Gasteiger partial charge in [-0.25, -0.2) is 0 Å². The fraction of sp³-hybridized carbons (Fsp3) is 0.706. The van der Waals surface area contributed by atoms with Gasteiger partial charge in [-0.05, 0) is 120 Å². The second kappa shape index (κ2) is 15.5. The molecule has 1 saturated heterocycles. The SMILES string of the molecule is C=C(/C=C(/NC1CCC(Cc2cc(N3CCCCC3)cc(C)c2N(C)CCC)CC1)N(C)CC)CCCC. The largest absolute Gasteiger partial charge is 0.374 e. The van der Waals surface area contributed by atoms with Crippen molar-refractivity contribution in [2.75, 3.05) is 50.1 Å². The third-order valence-electron chi connectivity index (χ3n) is 8.81. The summed E-state index contributed by atoms with van der Waals surface area (Å²) in [6.07, 6.45) is 17.4.